The highest BCUT2D eigenvalue weighted by molar-refractivity contribution is 5.77. The third-order valence-corrected chi connectivity index (χ3v) is 13.9. The molecule has 12 aliphatic heterocycles. The van der Waals surface area contributed by atoms with E-state index in [1.54, 1.807) is 24.3 Å². The number of nitrogens with zero attached hydrogens (tertiary/aromatic N) is 10. The number of pyridine rings is 4. The first-order valence-electron chi connectivity index (χ1n) is 28.5. The minimum Gasteiger partial charge on any atom is -0.491 e. The van der Waals surface area contributed by atoms with Gasteiger partial charge in [-0.15, -0.1) is 0 Å². The molecule has 6 aromatic carbocycles. The Morgan fingerprint density at radius 3 is 0.625 bits per heavy atom. The topological polar surface area (TPSA) is 221 Å². The molecule has 12 aliphatic rings. The highest BCUT2D eigenvalue weighted by atomic mass is 16.6. The van der Waals surface area contributed by atoms with Crippen molar-refractivity contribution in [3.63, 3.8) is 0 Å². The molecule has 6 aromatic heterocycles. The molecule has 0 saturated heterocycles. The quantitative estimate of drug-likeness (QED) is 0.138. The van der Waals surface area contributed by atoms with Gasteiger partial charge in [0.1, 0.15) is 47.7 Å². The molecule has 20 nitrogen and oxygen atoms in total. The van der Waals surface area contributed by atoms with E-state index in [1.165, 1.54) is 0 Å². The first-order valence-corrected chi connectivity index (χ1v) is 28.5. The second kappa shape index (κ2) is 25.8. The summed E-state index contributed by atoms with van der Waals surface area (Å²) in [6.45, 7) is 4.01. The summed E-state index contributed by atoms with van der Waals surface area (Å²) in [5.74, 6) is 7.54. The van der Waals surface area contributed by atoms with Crippen molar-refractivity contribution >= 4 is 22.1 Å². The maximum absolute atomic E-state index is 6.31. The van der Waals surface area contributed by atoms with Crippen LogP contribution in [0.25, 0.3) is 90.4 Å². The monoisotopic (exact) mass is 1170 g/mol. The fourth-order valence-corrected chi connectivity index (χ4v) is 9.45. The minimum atomic E-state index is 0.342. The smallest absolute Gasteiger partial charge is 0.221 e. The van der Waals surface area contributed by atoms with E-state index in [2.05, 4.69) is 0 Å². The van der Waals surface area contributed by atoms with Crippen molar-refractivity contribution < 1.29 is 47.4 Å². The fourth-order valence-electron chi connectivity index (χ4n) is 9.45. The van der Waals surface area contributed by atoms with E-state index in [0.29, 0.717) is 170 Å². The van der Waals surface area contributed by atoms with Crippen LogP contribution < -0.4 is 28.4 Å². The Morgan fingerprint density at radius 1 is 0.193 bits per heavy atom. The van der Waals surface area contributed by atoms with Crippen molar-refractivity contribution in [1.29, 1.82) is 0 Å². The van der Waals surface area contributed by atoms with Crippen molar-refractivity contribution in [3.8, 4) is 126 Å². The summed E-state index contributed by atoms with van der Waals surface area (Å²) < 4.78 is 60.2. The third kappa shape index (κ3) is 13.3. The summed E-state index contributed by atoms with van der Waals surface area (Å²) in [5, 5.41) is 1.60. The van der Waals surface area contributed by atoms with Crippen LogP contribution in [0.2, 0.25) is 0 Å². The summed E-state index contributed by atoms with van der Waals surface area (Å²) in [6, 6.07) is 59.8. The van der Waals surface area contributed by atoms with Crippen LogP contribution in [0.3, 0.4) is 0 Å². The van der Waals surface area contributed by atoms with E-state index in [-0.39, 0.29) is 0 Å². The van der Waals surface area contributed by atoms with Crippen molar-refractivity contribution in [1.82, 2.24) is 49.8 Å². The lowest BCUT2D eigenvalue weighted by Crippen LogP contribution is -2.14. The first-order chi connectivity index (χ1) is 43.5. The van der Waals surface area contributed by atoms with Gasteiger partial charge < -0.3 is 47.4 Å². The van der Waals surface area contributed by atoms with Crippen molar-refractivity contribution in [2.75, 3.05) is 66.1 Å². The van der Waals surface area contributed by atoms with Crippen LogP contribution in [0.15, 0.2) is 194 Å². The zero-order chi connectivity index (χ0) is 58.9. The lowest BCUT2D eigenvalue weighted by molar-refractivity contribution is -0.00698. The molecule has 88 heavy (non-hydrogen) atoms. The number of rotatable bonds is 0. The standard InChI is InChI=1S/C68H52N10O10/c1-17-51-18-2-43(1)63-73-65-45-5-21-53(22-6-45)85-57-29-13-49-15-31-59(71-61(49)69-57)87-55-25-9-47(10-26-55)67-75-64(44-3-19-52(20-4-44)84-42-40-82-38-36-80-34-33-79-35-37-81-39-41-83-51)76-68(78-67)48-11-27-56(28-12-48)88-60-32-16-50-14-30-58(70-62(50)72-60)86-54-23-7-46(8-24-54)66(74-63)77-65/h1-32H,33-42H2. The Labute approximate surface area is 503 Å². The summed E-state index contributed by atoms with van der Waals surface area (Å²) >= 11 is 0. The average Bonchev–Trinajstić information content (AvgIpc) is 2.08. The Morgan fingerprint density at radius 2 is 0.398 bits per heavy atom. The van der Waals surface area contributed by atoms with E-state index in [4.69, 9.17) is 97.2 Å². The van der Waals surface area contributed by atoms with Gasteiger partial charge in [-0.05, 0) is 170 Å². The molecule has 0 unspecified atom stereocenters. The van der Waals surface area contributed by atoms with Gasteiger partial charge in [0.05, 0.1) is 52.9 Å². The first kappa shape index (κ1) is 55.0. The van der Waals surface area contributed by atoms with Gasteiger partial charge in [0.15, 0.2) is 46.2 Å². The Balaban J connectivity index is 0.823. The van der Waals surface area contributed by atoms with Crippen LogP contribution in [-0.4, -0.2) is 116 Å². The van der Waals surface area contributed by atoms with E-state index in [1.807, 2.05) is 170 Å². The van der Waals surface area contributed by atoms with E-state index in [9.17, 15) is 0 Å². The molecule has 20 heteroatoms. The number of fused-ring (bicyclic) bond motifs is 1. The average molecular weight is 1170 g/mol. The van der Waals surface area contributed by atoms with Crippen LogP contribution in [-0.2, 0) is 18.9 Å². The second-order valence-electron chi connectivity index (χ2n) is 20.0. The Bertz CT molecular complexity index is 3910. The highest BCUT2D eigenvalue weighted by Gasteiger charge is 2.18. The number of hydrogen-bond donors (Lipinski definition) is 0. The van der Waals surface area contributed by atoms with E-state index >= 15 is 0 Å². The molecule has 0 amide bonds. The highest BCUT2D eigenvalue weighted by Crippen LogP contribution is 2.34. The lowest BCUT2D eigenvalue weighted by atomic mass is 10.1. The lowest BCUT2D eigenvalue weighted by Gasteiger charge is -2.11. The maximum atomic E-state index is 6.31. The van der Waals surface area contributed by atoms with Crippen LogP contribution in [0.1, 0.15) is 0 Å². The number of benzene rings is 6. The summed E-state index contributed by atoms with van der Waals surface area (Å²) in [6.07, 6.45) is 0. The van der Waals surface area contributed by atoms with Crippen molar-refractivity contribution in [3.05, 3.63) is 194 Å². The van der Waals surface area contributed by atoms with E-state index < -0.39 is 0 Å². The SMILES string of the molecule is c1cc2ccc1OCCOCCOCCOCCOCCOc1ccc(cc1)-c1nc3nc(n1)-c1ccc(cc1)Oc1ccc4ccc(nc4n1)Oc1ccc(cc1)-c1nc-2nc(n1)-c1ccc(cc1)Oc1ccc2ccc(nc2n1)Oc1ccc-3cc1. The maximum Gasteiger partial charge on any atom is 0.221 e. The van der Waals surface area contributed by atoms with Crippen molar-refractivity contribution in [2.45, 2.75) is 0 Å². The normalized spacial score (nSPS) is 14.0. The predicted octanol–water partition coefficient (Wildman–Crippen LogP) is 13.3. The molecule has 0 spiro atoms. The number of ether oxygens (including phenoxy) is 10. The fraction of sp³-hybridized carbons (Fsp3) is 0.147. The van der Waals surface area contributed by atoms with Gasteiger partial charge in [0, 0.05) is 68.4 Å². The molecule has 0 atom stereocenters. The van der Waals surface area contributed by atoms with E-state index in [0.717, 1.165) is 44.2 Å². The molecular weight excluding hydrogens is 1120 g/mol. The van der Waals surface area contributed by atoms with Gasteiger partial charge in [0.2, 0.25) is 23.5 Å². The molecule has 18 heterocycles. The van der Waals surface area contributed by atoms with Crippen LogP contribution >= 0.6 is 0 Å². The minimum absolute atomic E-state index is 0.342. The zero-order valence-electron chi connectivity index (χ0n) is 47.1. The van der Waals surface area contributed by atoms with Gasteiger partial charge in [-0.1, -0.05) is 0 Å². The molecule has 0 radical (unpaired) electrons. The van der Waals surface area contributed by atoms with Gasteiger partial charge >= 0.3 is 0 Å². The molecule has 0 aliphatic carbocycles. The summed E-state index contributed by atoms with van der Waals surface area (Å²) in [4.78, 5) is 48.9. The molecule has 24 bridgehead atoms. The van der Waals surface area contributed by atoms with Crippen LogP contribution in [0, 0.1) is 0 Å². The number of aromatic nitrogens is 10. The molecule has 0 N–H and O–H groups in total. The van der Waals surface area contributed by atoms with Crippen LogP contribution in [0.4, 0.5) is 0 Å². The number of hydrogen-bond acceptors (Lipinski definition) is 20. The van der Waals surface area contributed by atoms with Crippen LogP contribution in [0.5, 0.6) is 58.0 Å². The molecule has 12 aromatic rings. The zero-order valence-corrected chi connectivity index (χ0v) is 47.1. The second-order valence-corrected chi connectivity index (χ2v) is 20.0. The molecule has 0 fully saturated rings. The van der Waals surface area contributed by atoms with Gasteiger partial charge in [-0.25, -0.2) is 29.9 Å². The van der Waals surface area contributed by atoms with Gasteiger partial charge in [-0.3, -0.25) is 0 Å². The third-order valence-electron chi connectivity index (χ3n) is 13.9. The molecule has 0 saturated carbocycles. The Hall–Kier alpha value is -10.9. The Kier molecular flexibility index (Phi) is 16.1. The summed E-state index contributed by atoms with van der Waals surface area (Å²) in [7, 11) is 0. The molecule has 24 rings (SSSR count). The van der Waals surface area contributed by atoms with Gasteiger partial charge in [0.25, 0.3) is 0 Å². The molecule has 434 valence electrons. The molecular formula is C68H52N10O10. The van der Waals surface area contributed by atoms with Crippen molar-refractivity contribution in [2.24, 2.45) is 0 Å². The largest absolute Gasteiger partial charge is 0.491 e. The summed E-state index contributed by atoms with van der Waals surface area (Å²) in [5.41, 5.74) is 5.29. The predicted molar refractivity (Wildman–Crippen MR) is 326 cm³/mol. The van der Waals surface area contributed by atoms with Gasteiger partial charge in [-0.2, -0.15) is 19.9 Å².